The Morgan fingerprint density at radius 1 is 1.15 bits per heavy atom. The van der Waals surface area contributed by atoms with Gasteiger partial charge in [0.2, 0.25) is 5.91 Å². The minimum atomic E-state index is -0.321. The van der Waals surface area contributed by atoms with Gasteiger partial charge in [0.25, 0.3) is 0 Å². The summed E-state index contributed by atoms with van der Waals surface area (Å²) in [6.45, 7) is 8.92. The van der Waals surface area contributed by atoms with Gasteiger partial charge in [0.05, 0.1) is 23.7 Å². The highest BCUT2D eigenvalue weighted by atomic mass is 19.1. The maximum atomic E-state index is 13.3. The van der Waals surface area contributed by atoms with Gasteiger partial charge in [-0.25, -0.2) is 4.39 Å². The predicted octanol–water partition coefficient (Wildman–Crippen LogP) is 4.66. The van der Waals surface area contributed by atoms with E-state index in [1.165, 1.54) is 12.1 Å². The summed E-state index contributed by atoms with van der Waals surface area (Å²) < 4.78 is 15.2. The van der Waals surface area contributed by atoms with E-state index < -0.39 is 0 Å². The van der Waals surface area contributed by atoms with E-state index in [1.807, 2.05) is 35.4 Å². The Bertz CT molecular complexity index is 1280. The first kappa shape index (κ1) is 24.4. The molecule has 0 saturated carbocycles. The summed E-state index contributed by atoms with van der Waals surface area (Å²) in [5, 5.41) is 21.8. The average Bonchev–Trinajstić information content (AvgIpc) is 3.04. The van der Waals surface area contributed by atoms with Crippen molar-refractivity contribution in [2.45, 2.75) is 26.9 Å². The maximum Gasteiger partial charge on any atom is 0.239 e. The van der Waals surface area contributed by atoms with Crippen LogP contribution in [-0.4, -0.2) is 28.5 Å². The highest BCUT2D eigenvalue weighted by molar-refractivity contribution is 5.93. The number of benzene rings is 2. The molecule has 0 radical (unpaired) electrons. The third-order valence-electron chi connectivity index (χ3n) is 5.67. The number of nitriles is 2. The van der Waals surface area contributed by atoms with Gasteiger partial charge in [0.15, 0.2) is 0 Å². The second-order valence-corrected chi connectivity index (χ2v) is 8.08. The van der Waals surface area contributed by atoms with Crippen LogP contribution in [0.5, 0.6) is 0 Å². The van der Waals surface area contributed by atoms with E-state index in [4.69, 9.17) is 5.26 Å². The first-order valence-electron chi connectivity index (χ1n) is 10.8. The lowest BCUT2D eigenvalue weighted by molar-refractivity contribution is -0.117. The average molecular weight is 456 g/mol. The van der Waals surface area contributed by atoms with Gasteiger partial charge in [-0.1, -0.05) is 30.3 Å². The van der Waals surface area contributed by atoms with Crippen molar-refractivity contribution in [3.05, 3.63) is 101 Å². The van der Waals surface area contributed by atoms with Crippen molar-refractivity contribution >= 4 is 11.7 Å². The van der Waals surface area contributed by atoms with Crippen LogP contribution in [0.4, 0.5) is 10.2 Å². The lowest BCUT2D eigenvalue weighted by Crippen LogP contribution is -2.33. The van der Waals surface area contributed by atoms with Crippen LogP contribution in [0.3, 0.4) is 0 Å². The van der Waals surface area contributed by atoms with E-state index in [9.17, 15) is 14.4 Å². The predicted molar refractivity (Wildman–Crippen MR) is 129 cm³/mol. The molecule has 1 N–H and O–H groups in total. The summed E-state index contributed by atoms with van der Waals surface area (Å²) in [4.78, 5) is 14.9. The number of rotatable bonds is 9. The van der Waals surface area contributed by atoms with Crippen LogP contribution in [-0.2, 0) is 17.9 Å². The second kappa shape index (κ2) is 11.1. The van der Waals surface area contributed by atoms with Crippen molar-refractivity contribution < 1.29 is 9.18 Å². The molecule has 0 atom stereocenters. The van der Waals surface area contributed by atoms with Gasteiger partial charge in [-0.2, -0.15) is 10.5 Å². The molecule has 1 amide bonds. The number of nitrogens with one attached hydrogen (secondary N) is 1. The van der Waals surface area contributed by atoms with E-state index in [-0.39, 0.29) is 18.3 Å². The Balaban J connectivity index is 1.82. The number of carbonyl (C=O) groups excluding carboxylic acids is 1. The van der Waals surface area contributed by atoms with Crippen LogP contribution in [0, 0.1) is 42.3 Å². The van der Waals surface area contributed by atoms with Crippen LogP contribution in [0.25, 0.3) is 0 Å². The molecule has 0 bridgehead atoms. The maximum absolute atomic E-state index is 13.3. The van der Waals surface area contributed by atoms with Crippen LogP contribution in [0.1, 0.15) is 33.5 Å². The number of halogens is 1. The van der Waals surface area contributed by atoms with E-state index in [1.54, 1.807) is 30.3 Å². The van der Waals surface area contributed by atoms with Crippen LogP contribution in [0.2, 0.25) is 0 Å². The van der Waals surface area contributed by atoms with Crippen molar-refractivity contribution in [1.29, 1.82) is 10.5 Å². The molecule has 0 unspecified atom stereocenters. The zero-order chi connectivity index (χ0) is 24.7. The monoisotopic (exact) mass is 455 g/mol. The molecule has 0 aliphatic rings. The van der Waals surface area contributed by atoms with Gasteiger partial charge in [-0.15, -0.1) is 6.58 Å². The summed E-state index contributed by atoms with van der Waals surface area (Å²) in [6, 6.07) is 17.7. The summed E-state index contributed by atoms with van der Waals surface area (Å²) in [6.07, 6.45) is 1.72. The molecule has 3 aromatic rings. The minimum Gasteiger partial charge on any atom is -0.326 e. The van der Waals surface area contributed by atoms with Crippen LogP contribution in [0.15, 0.2) is 61.2 Å². The Kier molecular flexibility index (Phi) is 7.97. The van der Waals surface area contributed by atoms with Gasteiger partial charge in [0, 0.05) is 25.3 Å². The zero-order valence-corrected chi connectivity index (χ0v) is 19.3. The molecule has 6 nitrogen and oxygen atoms in total. The molecule has 1 aromatic heterocycles. The highest BCUT2D eigenvalue weighted by Gasteiger charge is 2.21. The molecular weight excluding hydrogens is 429 g/mol. The molecule has 0 saturated heterocycles. The van der Waals surface area contributed by atoms with Crippen LogP contribution >= 0.6 is 0 Å². The Morgan fingerprint density at radius 3 is 2.53 bits per heavy atom. The zero-order valence-electron chi connectivity index (χ0n) is 19.3. The van der Waals surface area contributed by atoms with Crippen LogP contribution < -0.4 is 5.32 Å². The number of nitrogens with zero attached hydrogens (tertiary/aromatic N) is 4. The van der Waals surface area contributed by atoms with E-state index in [0.29, 0.717) is 36.6 Å². The fourth-order valence-corrected chi connectivity index (χ4v) is 3.84. The summed E-state index contributed by atoms with van der Waals surface area (Å²) in [5.74, 6) is -0.164. The van der Waals surface area contributed by atoms with Gasteiger partial charge in [0.1, 0.15) is 17.7 Å². The number of aromatic nitrogens is 1. The smallest absolute Gasteiger partial charge is 0.239 e. The molecule has 7 heteroatoms. The van der Waals surface area contributed by atoms with Gasteiger partial charge in [-0.3, -0.25) is 9.69 Å². The molecular formula is C27H26FN5O. The first-order chi connectivity index (χ1) is 16.4. The summed E-state index contributed by atoms with van der Waals surface area (Å²) in [7, 11) is 0. The van der Waals surface area contributed by atoms with Gasteiger partial charge in [-0.05, 0) is 54.8 Å². The lowest BCUT2D eigenvalue weighted by Gasteiger charge is -2.21. The van der Waals surface area contributed by atoms with E-state index in [0.717, 1.165) is 22.4 Å². The van der Waals surface area contributed by atoms with Crippen molar-refractivity contribution in [1.82, 2.24) is 9.47 Å². The number of anilines is 1. The van der Waals surface area contributed by atoms with Crippen molar-refractivity contribution in [2.24, 2.45) is 0 Å². The summed E-state index contributed by atoms with van der Waals surface area (Å²) >= 11 is 0. The van der Waals surface area contributed by atoms with Gasteiger partial charge < -0.3 is 9.88 Å². The normalized spacial score (nSPS) is 10.5. The fourth-order valence-electron chi connectivity index (χ4n) is 3.84. The highest BCUT2D eigenvalue weighted by Crippen LogP contribution is 2.27. The van der Waals surface area contributed by atoms with Crippen molar-refractivity contribution in [3.8, 4) is 12.1 Å². The third-order valence-corrected chi connectivity index (χ3v) is 5.67. The molecule has 34 heavy (non-hydrogen) atoms. The quantitative estimate of drug-likeness (QED) is 0.476. The molecule has 0 aliphatic carbocycles. The second-order valence-electron chi connectivity index (χ2n) is 8.08. The molecule has 2 aromatic carbocycles. The number of hydrogen-bond donors (Lipinski definition) is 1. The lowest BCUT2D eigenvalue weighted by atomic mass is 10.1. The molecule has 1 heterocycles. The number of carbonyl (C=O) groups is 1. The molecule has 0 fully saturated rings. The fraction of sp³-hybridized carbons (Fsp3) is 0.222. The molecule has 3 rings (SSSR count). The number of amides is 1. The minimum absolute atomic E-state index is 0.0769. The Morgan fingerprint density at radius 2 is 1.88 bits per heavy atom. The van der Waals surface area contributed by atoms with E-state index >= 15 is 0 Å². The SMILES string of the molecule is C=CCN(CC(=O)Nc1c(C#N)c(C)c(C)n1Cc1ccc(F)cc1)Cc1cccc(C#N)c1. The summed E-state index contributed by atoms with van der Waals surface area (Å²) in [5.41, 5.74) is 4.38. The molecule has 172 valence electrons. The number of hydrogen-bond acceptors (Lipinski definition) is 4. The van der Waals surface area contributed by atoms with E-state index in [2.05, 4.69) is 24.0 Å². The van der Waals surface area contributed by atoms with Gasteiger partial charge >= 0.3 is 0 Å². The topological polar surface area (TPSA) is 84.8 Å². The first-order valence-corrected chi connectivity index (χ1v) is 10.8. The Hall–Kier alpha value is -4.20. The largest absolute Gasteiger partial charge is 0.326 e. The molecule has 0 spiro atoms. The Labute approximate surface area is 199 Å². The van der Waals surface area contributed by atoms with Crippen molar-refractivity contribution in [2.75, 3.05) is 18.4 Å². The third kappa shape index (κ3) is 5.78. The van der Waals surface area contributed by atoms with Crippen molar-refractivity contribution in [3.63, 3.8) is 0 Å². The standard InChI is InChI=1S/C27H26FN5O/c1-4-12-32(16-23-7-5-6-22(13-23)14-29)18-26(34)31-27-25(15-30)19(2)20(3)33(27)17-21-8-10-24(28)11-9-21/h4-11,13H,1,12,16-18H2,2-3H3,(H,31,34). The molecule has 0 aliphatic heterocycles.